The number of aryl methyl sites for hydroxylation is 1. The molecule has 0 fully saturated rings. The zero-order valence-electron chi connectivity index (χ0n) is 15.2. The summed E-state index contributed by atoms with van der Waals surface area (Å²) in [5.41, 5.74) is 3.78. The average molecular weight is 344 g/mol. The monoisotopic (exact) mass is 344 g/mol. The number of fused-ring (bicyclic) bond motifs is 1. The standard InChI is InChI=1S/C23H24N2O/c1-26-22-12-5-11-21(23-24-15-6-16-25-23)20(22)14-13-18-9-4-8-17-7-2-3-10-19(17)18/h2-5,7-12H,6,13-16H2,1H3,(H,24,25). The second-order valence-electron chi connectivity index (χ2n) is 6.64. The number of benzene rings is 3. The zero-order valence-corrected chi connectivity index (χ0v) is 15.2. The highest BCUT2D eigenvalue weighted by Crippen LogP contribution is 2.27. The number of nitrogens with one attached hydrogen (secondary N) is 1. The van der Waals surface area contributed by atoms with Crippen LogP contribution < -0.4 is 10.1 Å². The van der Waals surface area contributed by atoms with Crippen LogP contribution >= 0.6 is 0 Å². The van der Waals surface area contributed by atoms with Crippen molar-refractivity contribution >= 4 is 16.6 Å². The van der Waals surface area contributed by atoms with Gasteiger partial charge in [0.2, 0.25) is 0 Å². The van der Waals surface area contributed by atoms with Gasteiger partial charge in [-0.1, -0.05) is 54.6 Å². The summed E-state index contributed by atoms with van der Waals surface area (Å²) in [6.07, 6.45) is 2.99. The molecule has 0 spiro atoms. The van der Waals surface area contributed by atoms with Crippen molar-refractivity contribution < 1.29 is 4.74 Å². The van der Waals surface area contributed by atoms with Gasteiger partial charge in [0.05, 0.1) is 7.11 Å². The van der Waals surface area contributed by atoms with Crippen molar-refractivity contribution in [2.75, 3.05) is 20.2 Å². The van der Waals surface area contributed by atoms with Crippen LogP contribution in [0.5, 0.6) is 5.75 Å². The average Bonchev–Trinajstić information content (AvgIpc) is 2.72. The van der Waals surface area contributed by atoms with Gasteiger partial charge in [0.25, 0.3) is 0 Å². The summed E-state index contributed by atoms with van der Waals surface area (Å²) in [5.74, 6) is 1.95. The van der Waals surface area contributed by atoms with E-state index in [2.05, 4.69) is 53.8 Å². The number of hydrogen-bond acceptors (Lipinski definition) is 3. The van der Waals surface area contributed by atoms with E-state index in [-0.39, 0.29) is 0 Å². The van der Waals surface area contributed by atoms with Crippen molar-refractivity contribution in [3.63, 3.8) is 0 Å². The fraction of sp³-hybridized carbons (Fsp3) is 0.261. The lowest BCUT2D eigenvalue weighted by Crippen LogP contribution is -2.31. The molecule has 0 unspecified atom stereocenters. The van der Waals surface area contributed by atoms with Crippen LogP contribution in [0.4, 0.5) is 0 Å². The van der Waals surface area contributed by atoms with Gasteiger partial charge in [-0.25, -0.2) is 0 Å². The summed E-state index contributed by atoms with van der Waals surface area (Å²) in [5, 5.41) is 6.08. The van der Waals surface area contributed by atoms with E-state index < -0.39 is 0 Å². The van der Waals surface area contributed by atoms with Crippen LogP contribution in [0.15, 0.2) is 65.7 Å². The number of nitrogens with zero attached hydrogens (tertiary/aromatic N) is 1. The fourth-order valence-corrected chi connectivity index (χ4v) is 3.72. The summed E-state index contributed by atoms with van der Waals surface area (Å²) in [4.78, 5) is 4.69. The molecule has 1 heterocycles. The molecule has 1 aliphatic rings. The number of aliphatic imine (C=N–C) groups is 1. The van der Waals surface area contributed by atoms with Crippen molar-refractivity contribution in [3.05, 3.63) is 77.4 Å². The van der Waals surface area contributed by atoms with Crippen molar-refractivity contribution in [1.82, 2.24) is 5.32 Å². The van der Waals surface area contributed by atoms with E-state index in [4.69, 9.17) is 9.73 Å². The van der Waals surface area contributed by atoms with Gasteiger partial charge in [-0.15, -0.1) is 0 Å². The SMILES string of the molecule is COc1cccc(C2=NCCCN2)c1CCc1cccc2ccccc12. The van der Waals surface area contributed by atoms with Crippen LogP contribution in [0.3, 0.4) is 0 Å². The van der Waals surface area contributed by atoms with Crippen LogP contribution in [-0.2, 0) is 12.8 Å². The van der Waals surface area contributed by atoms with E-state index >= 15 is 0 Å². The minimum absolute atomic E-state index is 0.891. The van der Waals surface area contributed by atoms with Gasteiger partial charge in [-0.05, 0) is 41.7 Å². The smallest absolute Gasteiger partial charge is 0.128 e. The maximum atomic E-state index is 5.67. The number of amidine groups is 1. The molecular formula is C23H24N2O. The Morgan fingerprint density at radius 2 is 1.81 bits per heavy atom. The Bertz CT molecular complexity index is 941. The third kappa shape index (κ3) is 3.30. The highest BCUT2D eigenvalue weighted by atomic mass is 16.5. The molecule has 0 bridgehead atoms. The number of ether oxygens (including phenoxy) is 1. The molecule has 3 aromatic carbocycles. The lowest BCUT2D eigenvalue weighted by Gasteiger charge is -2.19. The summed E-state index contributed by atoms with van der Waals surface area (Å²) in [6, 6.07) is 21.4. The molecule has 3 aromatic rings. The van der Waals surface area contributed by atoms with Gasteiger partial charge in [0.15, 0.2) is 0 Å². The Kier molecular flexibility index (Phi) is 4.87. The number of rotatable bonds is 5. The Labute approximate surface area is 154 Å². The highest BCUT2D eigenvalue weighted by molar-refractivity contribution is 6.01. The van der Waals surface area contributed by atoms with Gasteiger partial charge in [-0.3, -0.25) is 4.99 Å². The van der Waals surface area contributed by atoms with E-state index in [0.717, 1.165) is 43.9 Å². The van der Waals surface area contributed by atoms with E-state index in [1.807, 2.05) is 12.1 Å². The minimum Gasteiger partial charge on any atom is -0.496 e. The van der Waals surface area contributed by atoms with Crippen LogP contribution in [0.25, 0.3) is 10.8 Å². The minimum atomic E-state index is 0.891. The first-order valence-electron chi connectivity index (χ1n) is 9.28. The van der Waals surface area contributed by atoms with Gasteiger partial charge >= 0.3 is 0 Å². The van der Waals surface area contributed by atoms with Gasteiger partial charge < -0.3 is 10.1 Å². The van der Waals surface area contributed by atoms with Crippen molar-refractivity contribution in [1.29, 1.82) is 0 Å². The molecule has 1 N–H and O–H groups in total. The molecule has 4 rings (SSSR count). The zero-order chi connectivity index (χ0) is 17.8. The molecule has 0 atom stereocenters. The van der Waals surface area contributed by atoms with Crippen LogP contribution in [-0.4, -0.2) is 26.0 Å². The topological polar surface area (TPSA) is 33.6 Å². The molecule has 0 saturated carbocycles. The van der Waals surface area contributed by atoms with Crippen molar-refractivity contribution in [2.45, 2.75) is 19.3 Å². The Morgan fingerprint density at radius 3 is 2.65 bits per heavy atom. The van der Waals surface area contributed by atoms with E-state index in [1.54, 1.807) is 7.11 Å². The molecule has 26 heavy (non-hydrogen) atoms. The number of hydrogen-bond donors (Lipinski definition) is 1. The van der Waals surface area contributed by atoms with Crippen molar-refractivity contribution in [3.8, 4) is 5.75 Å². The summed E-state index contributed by atoms with van der Waals surface area (Å²) >= 11 is 0. The first kappa shape index (κ1) is 16.6. The molecule has 0 aliphatic carbocycles. The van der Waals surface area contributed by atoms with Crippen LogP contribution in [0.1, 0.15) is 23.1 Å². The van der Waals surface area contributed by atoms with E-state index in [9.17, 15) is 0 Å². The maximum Gasteiger partial charge on any atom is 0.128 e. The first-order valence-corrected chi connectivity index (χ1v) is 9.28. The molecule has 1 aliphatic heterocycles. The van der Waals surface area contributed by atoms with Crippen LogP contribution in [0.2, 0.25) is 0 Å². The van der Waals surface area contributed by atoms with E-state index in [1.165, 1.54) is 27.5 Å². The predicted molar refractivity (Wildman–Crippen MR) is 108 cm³/mol. The summed E-state index contributed by atoms with van der Waals surface area (Å²) in [7, 11) is 1.75. The highest BCUT2D eigenvalue weighted by Gasteiger charge is 2.16. The fourth-order valence-electron chi connectivity index (χ4n) is 3.72. The van der Waals surface area contributed by atoms with Gasteiger partial charge in [-0.2, -0.15) is 0 Å². The Balaban J connectivity index is 1.68. The van der Waals surface area contributed by atoms with Crippen molar-refractivity contribution in [2.24, 2.45) is 4.99 Å². The van der Waals surface area contributed by atoms with Gasteiger partial charge in [0.1, 0.15) is 11.6 Å². The lowest BCUT2D eigenvalue weighted by molar-refractivity contribution is 0.409. The normalized spacial score (nSPS) is 14.0. The lowest BCUT2D eigenvalue weighted by atomic mass is 9.95. The third-order valence-corrected chi connectivity index (χ3v) is 5.03. The van der Waals surface area contributed by atoms with E-state index in [0.29, 0.717) is 0 Å². The molecular weight excluding hydrogens is 320 g/mol. The second kappa shape index (κ2) is 7.61. The molecule has 3 nitrogen and oxygen atoms in total. The molecule has 0 radical (unpaired) electrons. The molecule has 0 aromatic heterocycles. The second-order valence-corrected chi connectivity index (χ2v) is 6.64. The molecule has 0 amide bonds. The van der Waals surface area contributed by atoms with Gasteiger partial charge in [0, 0.05) is 24.2 Å². The largest absolute Gasteiger partial charge is 0.496 e. The number of methoxy groups -OCH3 is 1. The molecule has 3 heteroatoms. The summed E-state index contributed by atoms with van der Waals surface area (Å²) < 4.78 is 5.67. The molecule has 132 valence electrons. The third-order valence-electron chi connectivity index (χ3n) is 5.03. The Morgan fingerprint density at radius 1 is 0.962 bits per heavy atom. The molecule has 0 saturated heterocycles. The summed E-state index contributed by atoms with van der Waals surface area (Å²) in [6.45, 7) is 1.88. The Hall–Kier alpha value is -2.81. The first-order chi connectivity index (χ1) is 12.9. The van der Waals surface area contributed by atoms with Crippen LogP contribution in [0, 0.1) is 0 Å². The quantitative estimate of drug-likeness (QED) is 0.745. The predicted octanol–water partition coefficient (Wildman–Crippen LogP) is 4.37. The maximum absolute atomic E-state index is 5.67.